The maximum absolute atomic E-state index is 11.5. The number of hydrogen-bond donors (Lipinski definition) is 2. The number of nitrogens with zero attached hydrogens (tertiary/aromatic N) is 1. The first-order chi connectivity index (χ1) is 7.19. The van der Waals surface area contributed by atoms with Crippen molar-refractivity contribution in [3.63, 3.8) is 0 Å². The summed E-state index contributed by atoms with van der Waals surface area (Å²) < 4.78 is 0. The maximum Gasteiger partial charge on any atom is 0.236 e. The molecule has 0 spiro atoms. The van der Waals surface area contributed by atoms with Crippen LogP contribution in [0.15, 0.2) is 0 Å². The minimum Gasteiger partial charge on any atom is -0.358 e. The fraction of sp³-hybridized carbons (Fsp3) is 0.909. The lowest BCUT2D eigenvalue weighted by atomic mass is 9.97. The number of nitrogens with one attached hydrogen (secondary N) is 2. The predicted molar refractivity (Wildman–Crippen MR) is 61.8 cm³/mol. The van der Waals surface area contributed by atoms with Crippen molar-refractivity contribution in [1.29, 1.82) is 0 Å². The second-order valence-electron chi connectivity index (χ2n) is 4.35. The van der Waals surface area contributed by atoms with Gasteiger partial charge in [-0.3, -0.25) is 9.69 Å². The van der Waals surface area contributed by atoms with E-state index in [1.807, 2.05) is 14.0 Å². The van der Waals surface area contributed by atoms with Gasteiger partial charge in [-0.15, -0.1) is 0 Å². The minimum absolute atomic E-state index is 0.00894. The zero-order valence-corrected chi connectivity index (χ0v) is 10.0. The predicted octanol–water partition coefficient (Wildman–Crippen LogP) is 0.0523. The van der Waals surface area contributed by atoms with Gasteiger partial charge in [-0.25, -0.2) is 0 Å². The van der Waals surface area contributed by atoms with Crippen molar-refractivity contribution in [2.45, 2.75) is 25.8 Å². The van der Waals surface area contributed by atoms with Gasteiger partial charge < -0.3 is 10.6 Å². The molecule has 0 radical (unpaired) electrons. The Kier molecular flexibility index (Phi) is 5.05. The number of amides is 1. The van der Waals surface area contributed by atoms with Crippen LogP contribution in [0, 0.1) is 5.92 Å². The molecule has 0 aromatic rings. The molecule has 0 aliphatic carbocycles. The second-order valence-corrected chi connectivity index (χ2v) is 4.35. The van der Waals surface area contributed by atoms with Crippen molar-refractivity contribution in [2.24, 2.45) is 5.92 Å². The van der Waals surface area contributed by atoms with Crippen LogP contribution in [0.3, 0.4) is 0 Å². The fourth-order valence-corrected chi connectivity index (χ4v) is 2.28. The molecule has 1 fully saturated rings. The van der Waals surface area contributed by atoms with Crippen molar-refractivity contribution in [2.75, 3.05) is 33.7 Å². The average Bonchev–Trinajstić information content (AvgIpc) is 2.28. The van der Waals surface area contributed by atoms with E-state index in [1.54, 1.807) is 7.05 Å². The van der Waals surface area contributed by atoms with Gasteiger partial charge in [0.2, 0.25) is 5.91 Å². The Bertz CT molecular complexity index is 206. The van der Waals surface area contributed by atoms with E-state index in [4.69, 9.17) is 0 Å². The van der Waals surface area contributed by atoms with E-state index in [0.29, 0.717) is 5.92 Å². The smallest absolute Gasteiger partial charge is 0.236 e. The van der Waals surface area contributed by atoms with E-state index >= 15 is 0 Å². The van der Waals surface area contributed by atoms with Gasteiger partial charge in [-0.05, 0) is 45.8 Å². The number of likely N-dealkylation sites (tertiary alicyclic amines) is 1. The van der Waals surface area contributed by atoms with Gasteiger partial charge in [-0.2, -0.15) is 0 Å². The van der Waals surface area contributed by atoms with Crippen LogP contribution in [0.25, 0.3) is 0 Å². The summed E-state index contributed by atoms with van der Waals surface area (Å²) in [6, 6.07) is 0.00894. The molecule has 1 aliphatic rings. The van der Waals surface area contributed by atoms with Gasteiger partial charge in [0.25, 0.3) is 0 Å². The Hall–Kier alpha value is -0.610. The topological polar surface area (TPSA) is 44.4 Å². The summed E-state index contributed by atoms with van der Waals surface area (Å²) >= 11 is 0. The molecular formula is C11H23N3O. The number of hydrogen-bond acceptors (Lipinski definition) is 3. The third-order valence-corrected chi connectivity index (χ3v) is 3.22. The average molecular weight is 213 g/mol. The van der Waals surface area contributed by atoms with Crippen LogP contribution in [0.2, 0.25) is 0 Å². The van der Waals surface area contributed by atoms with Gasteiger partial charge in [0.1, 0.15) is 0 Å². The second kappa shape index (κ2) is 6.08. The fourth-order valence-electron chi connectivity index (χ4n) is 2.28. The van der Waals surface area contributed by atoms with Crippen LogP contribution < -0.4 is 10.6 Å². The van der Waals surface area contributed by atoms with Crippen LogP contribution in [0.1, 0.15) is 19.8 Å². The summed E-state index contributed by atoms with van der Waals surface area (Å²) in [5, 5.41) is 5.93. The lowest BCUT2D eigenvalue weighted by Crippen LogP contribution is -2.49. The molecule has 1 aliphatic heterocycles. The first kappa shape index (κ1) is 12.5. The molecule has 1 rings (SSSR count). The first-order valence-corrected chi connectivity index (χ1v) is 5.79. The van der Waals surface area contributed by atoms with Crippen molar-refractivity contribution in [1.82, 2.24) is 15.5 Å². The Morgan fingerprint density at radius 2 is 2.27 bits per heavy atom. The molecule has 4 heteroatoms. The van der Waals surface area contributed by atoms with Gasteiger partial charge in [-0.1, -0.05) is 0 Å². The summed E-state index contributed by atoms with van der Waals surface area (Å²) in [5.74, 6) is 0.816. The molecule has 0 aromatic heterocycles. The highest BCUT2D eigenvalue weighted by Gasteiger charge is 2.26. The summed E-state index contributed by atoms with van der Waals surface area (Å²) in [5.41, 5.74) is 0. The summed E-state index contributed by atoms with van der Waals surface area (Å²) in [4.78, 5) is 13.8. The molecule has 1 heterocycles. The summed E-state index contributed by atoms with van der Waals surface area (Å²) in [7, 11) is 3.69. The standard InChI is InChI=1S/C11H23N3O/c1-9(11(15)13-3)14-6-4-5-10(8-14)7-12-2/h9-10,12H,4-8H2,1-3H3,(H,13,15). The zero-order valence-electron chi connectivity index (χ0n) is 10.0. The molecule has 4 nitrogen and oxygen atoms in total. The monoisotopic (exact) mass is 213 g/mol. The van der Waals surface area contributed by atoms with Crippen molar-refractivity contribution in [3.8, 4) is 0 Å². The molecule has 88 valence electrons. The number of rotatable bonds is 4. The molecule has 0 saturated carbocycles. The van der Waals surface area contributed by atoms with Crippen molar-refractivity contribution >= 4 is 5.91 Å². The summed E-state index contributed by atoms with van der Waals surface area (Å²) in [6.45, 7) is 5.13. The lowest BCUT2D eigenvalue weighted by Gasteiger charge is -2.35. The van der Waals surface area contributed by atoms with E-state index in [1.165, 1.54) is 12.8 Å². The van der Waals surface area contributed by atoms with Gasteiger partial charge in [0.15, 0.2) is 0 Å². The highest BCUT2D eigenvalue weighted by molar-refractivity contribution is 5.80. The van der Waals surface area contributed by atoms with E-state index in [2.05, 4.69) is 15.5 Å². The highest BCUT2D eigenvalue weighted by Crippen LogP contribution is 2.17. The number of likely N-dealkylation sites (N-methyl/N-ethyl adjacent to an activating group) is 1. The third-order valence-electron chi connectivity index (χ3n) is 3.22. The minimum atomic E-state index is 0.00894. The van der Waals surface area contributed by atoms with Crippen molar-refractivity contribution < 1.29 is 4.79 Å². The molecule has 15 heavy (non-hydrogen) atoms. The van der Waals surface area contributed by atoms with E-state index < -0.39 is 0 Å². The van der Waals surface area contributed by atoms with Crippen LogP contribution in [-0.4, -0.2) is 50.6 Å². The molecule has 0 bridgehead atoms. The molecule has 0 aromatic carbocycles. The van der Waals surface area contributed by atoms with Crippen LogP contribution in [0.5, 0.6) is 0 Å². The SMILES string of the molecule is CNCC1CCCN(C(C)C(=O)NC)C1. The van der Waals surface area contributed by atoms with Crippen LogP contribution in [-0.2, 0) is 4.79 Å². The maximum atomic E-state index is 11.5. The summed E-state index contributed by atoms with van der Waals surface area (Å²) in [6.07, 6.45) is 2.48. The quantitative estimate of drug-likeness (QED) is 0.694. The van der Waals surface area contributed by atoms with E-state index in [9.17, 15) is 4.79 Å². The van der Waals surface area contributed by atoms with Gasteiger partial charge in [0.05, 0.1) is 6.04 Å². The van der Waals surface area contributed by atoms with E-state index in [0.717, 1.165) is 19.6 Å². The normalized spacial score (nSPS) is 24.9. The van der Waals surface area contributed by atoms with Crippen LogP contribution in [0.4, 0.5) is 0 Å². The molecule has 2 unspecified atom stereocenters. The molecule has 2 N–H and O–H groups in total. The molecule has 1 amide bonds. The van der Waals surface area contributed by atoms with Gasteiger partial charge in [0, 0.05) is 13.6 Å². The Labute approximate surface area is 92.4 Å². The lowest BCUT2D eigenvalue weighted by molar-refractivity contribution is -0.126. The molecule has 1 saturated heterocycles. The van der Waals surface area contributed by atoms with Crippen LogP contribution >= 0.6 is 0 Å². The Morgan fingerprint density at radius 1 is 1.53 bits per heavy atom. The molecular weight excluding hydrogens is 190 g/mol. The zero-order chi connectivity index (χ0) is 11.3. The Balaban J connectivity index is 2.44. The number of piperidine rings is 1. The molecule has 2 atom stereocenters. The Morgan fingerprint density at radius 3 is 2.87 bits per heavy atom. The highest BCUT2D eigenvalue weighted by atomic mass is 16.2. The van der Waals surface area contributed by atoms with Gasteiger partial charge >= 0.3 is 0 Å². The van der Waals surface area contributed by atoms with E-state index in [-0.39, 0.29) is 11.9 Å². The van der Waals surface area contributed by atoms with Crippen molar-refractivity contribution in [3.05, 3.63) is 0 Å². The largest absolute Gasteiger partial charge is 0.358 e. The number of carbonyl (C=O) groups excluding carboxylic acids is 1. The third kappa shape index (κ3) is 3.47. The number of carbonyl (C=O) groups is 1. The first-order valence-electron chi connectivity index (χ1n) is 5.79.